The first-order chi connectivity index (χ1) is 12.0. The van der Waals surface area contributed by atoms with E-state index in [1.54, 1.807) is 43.3 Å². The van der Waals surface area contributed by atoms with Crippen molar-refractivity contribution in [2.45, 2.75) is 18.4 Å². The fraction of sp³-hybridized carbons (Fsp3) is 0.353. The van der Waals surface area contributed by atoms with E-state index in [4.69, 9.17) is 9.15 Å². The van der Waals surface area contributed by atoms with Crippen molar-refractivity contribution in [2.75, 3.05) is 26.3 Å². The highest BCUT2D eigenvalue weighted by atomic mass is 32.2. The Kier molecular flexibility index (Phi) is 5.22. The average molecular weight is 364 g/mol. The third-order valence-electron chi connectivity index (χ3n) is 3.96. The average Bonchev–Trinajstić information content (AvgIpc) is 3.07. The van der Waals surface area contributed by atoms with Crippen molar-refractivity contribution in [3.8, 4) is 0 Å². The lowest BCUT2D eigenvalue weighted by atomic mass is 10.2. The zero-order valence-electron chi connectivity index (χ0n) is 13.9. The lowest BCUT2D eigenvalue weighted by Gasteiger charge is -2.27. The van der Waals surface area contributed by atoms with Gasteiger partial charge in [0.2, 0.25) is 10.0 Å². The van der Waals surface area contributed by atoms with Crippen molar-refractivity contribution in [1.82, 2.24) is 9.62 Å². The predicted octanol–water partition coefficient (Wildman–Crippen LogP) is 1.54. The number of benzene rings is 1. The van der Waals surface area contributed by atoms with Crippen LogP contribution in [0.25, 0.3) is 0 Å². The first-order valence-corrected chi connectivity index (χ1v) is 9.43. The Balaban J connectivity index is 1.77. The van der Waals surface area contributed by atoms with Crippen molar-refractivity contribution in [2.24, 2.45) is 0 Å². The first kappa shape index (κ1) is 17.7. The number of nitrogens with one attached hydrogen (secondary N) is 1. The summed E-state index contributed by atoms with van der Waals surface area (Å²) in [5.74, 6) is 0.457. The number of carbonyl (C=O) groups excluding carboxylic acids is 1. The van der Waals surface area contributed by atoms with Crippen LogP contribution in [0.3, 0.4) is 0 Å². The molecule has 0 unspecified atom stereocenters. The summed E-state index contributed by atoms with van der Waals surface area (Å²) in [6.07, 6.45) is 0. The van der Waals surface area contributed by atoms with Gasteiger partial charge in [0.05, 0.1) is 18.1 Å². The summed E-state index contributed by atoms with van der Waals surface area (Å²) in [4.78, 5) is 12.3. The number of aryl methyl sites for hydroxylation is 1. The zero-order valence-corrected chi connectivity index (χ0v) is 14.7. The molecule has 3 rings (SSSR count). The van der Waals surface area contributed by atoms with Gasteiger partial charge in [0.25, 0.3) is 5.91 Å². The number of carbonyl (C=O) groups is 1. The predicted molar refractivity (Wildman–Crippen MR) is 90.6 cm³/mol. The summed E-state index contributed by atoms with van der Waals surface area (Å²) in [7, 11) is -3.62. The normalized spacial score (nSPS) is 15.9. The third kappa shape index (κ3) is 3.92. The minimum atomic E-state index is -3.62. The quantitative estimate of drug-likeness (QED) is 0.869. The molecule has 1 aliphatic rings. The number of nitrogens with zero attached hydrogens (tertiary/aromatic N) is 1. The molecule has 1 aliphatic heterocycles. The van der Waals surface area contributed by atoms with E-state index in [-0.39, 0.29) is 23.1 Å². The molecular weight excluding hydrogens is 344 g/mol. The van der Waals surface area contributed by atoms with Crippen LogP contribution in [0.5, 0.6) is 0 Å². The van der Waals surface area contributed by atoms with Crippen LogP contribution in [-0.4, -0.2) is 44.9 Å². The number of rotatable bonds is 5. The van der Waals surface area contributed by atoms with Crippen molar-refractivity contribution >= 4 is 15.9 Å². The van der Waals surface area contributed by atoms with E-state index in [0.29, 0.717) is 37.6 Å². The number of sulfonamides is 1. The Morgan fingerprint density at radius 3 is 2.56 bits per heavy atom. The first-order valence-electron chi connectivity index (χ1n) is 7.99. The van der Waals surface area contributed by atoms with Crippen molar-refractivity contribution in [3.63, 3.8) is 0 Å². The van der Waals surface area contributed by atoms with Crippen molar-refractivity contribution in [1.29, 1.82) is 0 Å². The standard InChI is InChI=1S/C17H20N2O5S/c1-13-6-7-15(24-13)17(20)18-12-14-4-2-3-5-16(14)25(21,22)19-8-10-23-11-9-19/h2-7H,8-12H2,1H3,(H,18,20). The molecule has 7 nitrogen and oxygen atoms in total. The van der Waals surface area contributed by atoms with E-state index in [2.05, 4.69) is 5.32 Å². The molecule has 134 valence electrons. The molecule has 0 saturated carbocycles. The number of morpholine rings is 1. The Morgan fingerprint density at radius 2 is 1.88 bits per heavy atom. The molecule has 0 radical (unpaired) electrons. The van der Waals surface area contributed by atoms with Crippen molar-refractivity contribution in [3.05, 3.63) is 53.5 Å². The van der Waals surface area contributed by atoms with Crippen LogP contribution >= 0.6 is 0 Å². The van der Waals surface area contributed by atoms with E-state index in [1.807, 2.05) is 0 Å². The Hall–Kier alpha value is -2.16. The van der Waals surface area contributed by atoms with E-state index in [0.717, 1.165) is 0 Å². The summed E-state index contributed by atoms with van der Waals surface area (Å²) in [5.41, 5.74) is 0.533. The van der Waals surface area contributed by atoms with E-state index < -0.39 is 10.0 Å². The largest absolute Gasteiger partial charge is 0.456 e. The highest BCUT2D eigenvalue weighted by molar-refractivity contribution is 7.89. The van der Waals surface area contributed by atoms with Gasteiger partial charge >= 0.3 is 0 Å². The SMILES string of the molecule is Cc1ccc(C(=O)NCc2ccccc2S(=O)(=O)N2CCOCC2)o1. The molecule has 0 aliphatic carbocycles. The maximum Gasteiger partial charge on any atom is 0.287 e. The van der Waals surface area contributed by atoms with Gasteiger partial charge in [-0.05, 0) is 30.7 Å². The fourth-order valence-electron chi connectivity index (χ4n) is 2.65. The van der Waals surface area contributed by atoms with Gasteiger partial charge in [-0.3, -0.25) is 4.79 Å². The van der Waals surface area contributed by atoms with Gasteiger partial charge in [0.15, 0.2) is 5.76 Å². The molecule has 1 saturated heterocycles. The highest BCUT2D eigenvalue weighted by Crippen LogP contribution is 2.21. The zero-order chi connectivity index (χ0) is 17.9. The molecule has 2 heterocycles. The molecule has 2 aromatic rings. The molecule has 1 amide bonds. The van der Waals surface area contributed by atoms with E-state index in [9.17, 15) is 13.2 Å². The second-order valence-electron chi connectivity index (χ2n) is 5.72. The molecule has 8 heteroatoms. The summed E-state index contributed by atoms with van der Waals surface area (Å²) in [6.45, 7) is 3.27. The van der Waals surface area contributed by atoms with Crippen LogP contribution in [0.1, 0.15) is 21.9 Å². The smallest absolute Gasteiger partial charge is 0.287 e. The van der Waals surface area contributed by atoms with Gasteiger partial charge in [-0.1, -0.05) is 18.2 Å². The third-order valence-corrected chi connectivity index (χ3v) is 5.96. The van der Waals surface area contributed by atoms with Gasteiger partial charge in [-0.15, -0.1) is 0 Å². The van der Waals surface area contributed by atoms with Gasteiger partial charge in [0.1, 0.15) is 5.76 Å². The van der Waals surface area contributed by atoms with Gasteiger partial charge in [-0.25, -0.2) is 8.42 Å². The van der Waals surface area contributed by atoms with Crippen LogP contribution in [0.15, 0.2) is 45.7 Å². The summed E-state index contributed by atoms with van der Waals surface area (Å²) in [5, 5.41) is 2.70. The molecule has 1 aromatic carbocycles. The maximum absolute atomic E-state index is 12.9. The number of amides is 1. The van der Waals surface area contributed by atoms with Crippen LogP contribution in [0, 0.1) is 6.92 Å². The van der Waals surface area contributed by atoms with Crippen LogP contribution in [0.4, 0.5) is 0 Å². The number of furan rings is 1. The molecule has 0 spiro atoms. The monoisotopic (exact) mass is 364 g/mol. The molecule has 0 bridgehead atoms. The lowest BCUT2D eigenvalue weighted by molar-refractivity contribution is 0.0730. The Bertz CT molecular complexity index is 853. The molecule has 1 aromatic heterocycles. The molecule has 1 N–H and O–H groups in total. The summed E-state index contributed by atoms with van der Waals surface area (Å²) >= 11 is 0. The molecular formula is C17H20N2O5S. The number of hydrogen-bond acceptors (Lipinski definition) is 5. The van der Waals surface area contributed by atoms with E-state index >= 15 is 0 Å². The van der Waals surface area contributed by atoms with Gasteiger partial charge < -0.3 is 14.5 Å². The Morgan fingerprint density at radius 1 is 1.16 bits per heavy atom. The van der Waals surface area contributed by atoms with Crippen molar-refractivity contribution < 1.29 is 22.4 Å². The van der Waals surface area contributed by atoms with Crippen LogP contribution < -0.4 is 5.32 Å². The molecule has 0 atom stereocenters. The van der Waals surface area contributed by atoms with Gasteiger partial charge in [0, 0.05) is 19.6 Å². The summed E-state index contributed by atoms with van der Waals surface area (Å²) < 4.78 is 37.6. The molecule has 1 fully saturated rings. The van der Waals surface area contributed by atoms with E-state index in [1.165, 1.54) is 4.31 Å². The highest BCUT2D eigenvalue weighted by Gasteiger charge is 2.28. The molecule has 25 heavy (non-hydrogen) atoms. The minimum Gasteiger partial charge on any atom is -0.456 e. The topological polar surface area (TPSA) is 88.9 Å². The minimum absolute atomic E-state index is 0.0956. The maximum atomic E-state index is 12.9. The number of hydrogen-bond donors (Lipinski definition) is 1. The summed E-state index contributed by atoms with van der Waals surface area (Å²) in [6, 6.07) is 9.96. The lowest BCUT2D eigenvalue weighted by Crippen LogP contribution is -2.41. The second-order valence-corrected chi connectivity index (χ2v) is 7.62. The van der Waals surface area contributed by atoms with Gasteiger partial charge in [-0.2, -0.15) is 4.31 Å². The second kappa shape index (κ2) is 7.38. The van der Waals surface area contributed by atoms with Crippen LogP contribution in [0.2, 0.25) is 0 Å². The Labute approximate surface area is 146 Å². The van der Waals surface area contributed by atoms with Crippen LogP contribution in [-0.2, 0) is 21.3 Å². The fourth-order valence-corrected chi connectivity index (χ4v) is 4.28. The number of ether oxygens (including phenoxy) is 1.